The van der Waals surface area contributed by atoms with Crippen molar-refractivity contribution in [3.63, 3.8) is 0 Å². The highest BCUT2D eigenvalue weighted by Gasteiger charge is 2.31. The monoisotopic (exact) mass is 352 g/mol. The number of anilines is 2. The maximum atomic E-state index is 12.6. The van der Waals surface area contributed by atoms with Crippen LogP contribution in [0.15, 0.2) is 48.5 Å². The lowest BCUT2D eigenvalue weighted by Gasteiger charge is -2.33. The fraction of sp³-hybridized carbons (Fsp3) is 0.333. The van der Waals surface area contributed by atoms with Gasteiger partial charge in [-0.1, -0.05) is 37.3 Å². The lowest BCUT2D eigenvalue weighted by Crippen LogP contribution is -2.45. The molecule has 2 aromatic rings. The highest BCUT2D eigenvalue weighted by atomic mass is 16.5. The SMILES string of the molecule is CCC(=O)Nc1ccc2c(c1)N(CCCc1ccccc1)C(=O)C(C)O2. The van der Waals surface area contributed by atoms with Gasteiger partial charge in [0.05, 0.1) is 5.69 Å². The van der Waals surface area contributed by atoms with Crippen LogP contribution in [0.25, 0.3) is 0 Å². The highest BCUT2D eigenvalue weighted by Crippen LogP contribution is 2.36. The van der Waals surface area contributed by atoms with Crippen molar-refractivity contribution in [2.24, 2.45) is 0 Å². The summed E-state index contributed by atoms with van der Waals surface area (Å²) in [4.78, 5) is 26.1. The van der Waals surface area contributed by atoms with Gasteiger partial charge >= 0.3 is 0 Å². The van der Waals surface area contributed by atoms with Crippen LogP contribution in [0.3, 0.4) is 0 Å². The number of aryl methyl sites for hydroxylation is 1. The van der Waals surface area contributed by atoms with Gasteiger partial charge in [-0.3, -0.25) is 9.59 Å². The van der Waals surface area contributed by atoms with E-state index in [-0.39, 0.29) is 11.8 Å². The van der Waals surface area contributed by atoms with Crippen LogP contribution in [0, 0.1) is 0 Å². The van der Waals surface area contributed by atoms with E-state index in [0.717, 1.165) is 18.5 Å². The van der Waals surface area contributed by atoms with Gasteiger partial charge in [-0.15, -0.1) is 0 Å². The van der Waals surface area contributed by atoms with Gasteiger partial charge in [-0.25, -0.2) is 0 Å². The maximum Gasteiger partial charge on any atom is 0.267 e. The van der Waals surface area contributed by atoms with E-state index in [1.807, 2.05) is 30.3 Å². The Morgan fingerprint density at radius 3 is 2.69 bits per heavy atom. The number of hydrogen-bond donors (Lipinski definition) is 1. The molecule has 0 fully saturated rings. The van der Waals surface area contributed by atoms with Crippen LogP contribution in [0.2, 0.25) is 0 Å². The van der Waals surface area contributed by atoms with E-state index >= 15 is 0 Å². The highest BCUT2D eigenvalue weighted by molar-refractivity contribution is 6.01. The molecule has 26 heavy (non-hydrogen) atoms. The van der Waals surface area contributed by atoms with Crippen LogP contribution in [0.4, 0.5) is 11.4 Å². The summed E-state index contributed by atoms with van der Waals surface area (Å²) in [5.74, 6) is 0.563. The molecular formula is C21H24N2O3. The number of hydrogen-bond acceptors (Lipinski definition) is 3. The van der Waals surface area contributed by atoms with Gasteiger partial charge in [-0.2, -0.15) is 0 Å². The summed E-state index contributed by atoms with van der Waals surface area (Å²) in [7, 11) is 0. The molecule has 3 rings (SSSR count). The first-order valence-corrected chi connectivity index (χ1v) is 9.04. The Kier molecular flexibility index (Phi) is 5.56. The zero-order chi connectivity index (χ0) is 18.5. The summed E-state index contributed by atoms with van der Waals surface area (Å²) in [5.41, 5.74) is 2.65. The number of benzene rings is 2. The predicted molar refractivity (Wildman–Crippen MR) is 103 cm³/mol. The largest absolute Gasteiger partial charge is 0.479 e. The van der Waals surface area contributed by atoms with E-state index in [1.54, 1.807) is 24.8 Å². The standard InChI is InChI=1S/C21H24N2O3/c1-3-20(24)22-17-11-12-19-18(14-17)23(21(25)15(2)26-19)13-7-10-16-8-5-4-6-9-16/h4-6,8-9,11-12,14-15H,3,7,10,13H2,1-2H3,(H,22,24). The lowest BCUT2D eigenvalue weighted by atomic mass is 10.1. The minimum absolute atomic E-state index is 0.0514. The minimum atomic E-state index is -0.504. The van der Waals surface area contributed by atoms with Gasteiger partial charge < -0.3 is 15.0 Å². The molecule has 5 heteroatoms. The number of amides is 2. The van der Waals surface area contributed by atoms with Gasteiger partial charge in [0, 0.05) is 18.7 Å². The Morgan fingerprint density at radius 2 is 1.96 bits per heavy atom. The number of nitrogens with zero attached hydrogens (tertiary/aromatic N) is 1. The van der Waals surface area contributed by atoms with Crippen molar-refractivity contribution in [2.75, 3.05) is 16.8 Å². The molecular weight excluding hydrogens is 328 g/mol. The van der Waals surface area contributed by atoms with Crippen LogP contribution in [-0.4, -0.2) is 24.5 Å². The summed E-state index contributed by atoms with van der Waals surface area (Å²) in [5, 5.41) is 2.84. The quantitative estimate of drug-likeness (QED) is 0.861. The first-order chi connectivity index (χ1) is 12.6. The van der Waals surface area contributed by atoms with Gasteiger partial charge in [0.25, 0.3) is 5.91 Å². The van der Waals surface area contributed by atoms with Crippen LogP contribution < -0.4 is 15.0 Å². The summed E-state index contributed by atoms with van der Waals surface area (Å²) >= 11 is 0. The molecule has 136 valence electrons. The van der Waals surface area contributed by atoms with Gasteiger partial charge in [0.2, 0.25) is 5.91 Å². The van der Waals surface area contributed by atoms with E-state index in [0.29, 0.717) is 24.4 Å². The Hall–Kier alpha value is -2.82. The third-order valence-electron chi connectivity index (χ3n) is 4.46. The second-order valence-corrected chi connectivity index (χ2v) is 6.42. The molecule has 0 bridgehead atoms. The fourth-order valence-corrected chi connectivity index (χ4v) is 3.05. The lowest BCUT2D eigenvalue weighted by molar-refractivity contribution is -0.125. The topological polar surface area (TPSA) is 58.6 Å². The minimum Gasteiger partial charge on any atom is -0.479 e. The van der Waals surface area contributed by atoms with E-state index in [2.05, 4.69) is 17.4 Å². The Balaban J connectivity index is 1.77. The van der Waals surface area contributed by atoms with E-state index < -0.39 is 6.10 Å². The molecule has 0 spiro atoms. The van der Waals surface area contributed by atoms with Crippen molar-refractivity contribution in [3.8, 4) is 5.75 Å². The van der Waals surface area contributed by atoms with Crippen molar-refractivity contribution in [1.29, 1.82) is 0 Å². The van der Waals surface area contributed by atoms with Crippen LogP contribution in [-0.2, 0) is 16.0 Å². The van der Waals surface area contributed by atoms with Crippen LogP contribution in [0.1, 0.15) is 32.3 Å². The molecule has 2 amide bonds. The van der Waals surface area contributed by atoms with E-state index in [1.165, 1.54) is 5.56 Å². The zero-order valence-electron chi connectivity index (χ0n) is 15.2. The van der Waals surface area contributed by atoms with Gasteiger partial charge in [-0.05, 0) is 43.5 Å². The normalized spacial score (nSPS) is 16.0. The van der Waals surface area contributed by atoms with Crippen LogP contribution >= 0.6 is 0 Å². The van der Waals surface area contributed by atoms with E-state index in [4.69, 9.17) is 4.74 Å². The van der Waals surface area contributed by atoms with Crippen LogP contribution in [0.5, 0.6) is 5.75 Å². The number of rotatable bonds is 6. The zero-order valence-corrected chi connectivity index (χ0v) is 15.2. The Bertz CT molecular complexity index is 789. The molecule has 1 aliphatic rings. The molecule has 1 aliphatic heterocycles. The summed E-state index contributed by atoms with van der Waals surface area (Å²) < 4.78 is 5.72. The molecule has 1 atom stereocenters. The molecule has 1 unspecified atom stereocenters. The first kappa shape index (κ1) is 18.0. The summed E-state index contributed by atoms with van der Waals surface area (Å²) in [6.45, 7) is 4.18. The molecule has 1 heterocycles. The third kappa shape index (κ3) is 4.04. The molecule has 5 nitrogen and oxygen atoms in total. The second kappa shape index (κ2) is 8.04. The molecule has 0 aliphatic carbocycles. The predicted octanol–water partition coefficient (Wildman–Crippen LogP) is 3.78. The third-order valence-corrected chi connectivity index (χ3v) is 4.46. The summed E-state index contributed by atoms with van der Waals surface area (Å²) in [6.07, 6.45) is 1.66. The number of carbonyl (C=O) groups excluding carboxylic acids is 2. The fourth-order valence-electron chi connectivity index (χ4n) is 3.05. The molecule has 0 saturated carbocycles. The van der Waals surface area contributed by atoms with Crippen molar-refractivity contribution in [1.82, 2.24) is 0 Å². The Morgan fingerprint density at radius 1 is 1.19 bits per heavy atom. The molecule has 0 saturated heterocycles. The number of ether oxygens (including phenoxy) is 1. The number of fused-ring (bicyclic) bond motifs is 1. The molecule has 0 radical (unpaired) electrons. The average Bonchev–Trinajstić information content (AvgIpc) is 2.66. The average molecular weight is 352 g/mol. The number of carbonyl (C=O) groups is 2. The first-order valence-electron chi connectivity index (χ1n) is 9.04. The van der Waals surface area contributed by atoms with Crippen molar-refractivity contribution >= 4 is 23.2 Å². The molecule has 2 aromatic carbocycles. The van der Waals surface area contributed by atoms with Crippen molar-refractivity contribution in [2.45, 2.75) is 39.2 Å². The smallest absolute Gasteiger partial charge is 0.267 e. The molecule has 1 N–H and O–H groups in total. The number of nitrogens with one attached hydrogen (secondary N) is 1. The van der Waals surface area contributed by atoms with Gasteiger partial charge in [0.1, 0.15) is 5.75 Å². The summed E-state index contributed by atoms with van der Waals surface area (Å²) in [6, 6.07) is 15.7. The van der Waals surface area contributed by atoms with Gasteiger partial charge in [0.15, 0.2) is 6.10 Å². The molecule has 0 aromatic heterocycles. The second-order valence-electron chi connectivity index (χ2n) is 6.42. The van der Waals surface area contributed by atoms with Crippen molar-refractivity contribution < 1.29 is 14.3 Å². The maximum absolute atomic E-state index is 12.6. The van der Waals surface area contributed by atoms with Crippen molar-refractivity contribution in [3.05, 3.63) is 54.1 Å². The van der Waals surface area contributed by atoms with E-state index in [9.17, 15) is 9.59 Å². The Labute approximate surface area is 154 Å².